The van der Waals surface area contributed by atoms with E-state index in [4.69, 9.17) is 9.47 Å². The highest BCUT2D eigenvalue weighted by Gasteiger charge is 2.15. The molecule has 176 valence electrons. The molecular weight excluding hydrogens is 430 g/mol. The Morgan fingerprint density at radius 3 is 1.82 bits per heavy atom. The highest BCUT2D eigenvalue weighted by molar-refractivity contribution is 6.06. The molecule has 0 spiro atoms. The fourth-order valence-electron chi connectivity index (χ4n) is 3.81. The first-order valence-electron chi connectivity index (χ1n) is 11.6. The van der Waals surface area contributed by atoms with Crippen LogP contribution < -0.4 is 20.3 Å². The van der Waals surface area contributed by atoms with Crippen molar-refractivity contribution in [3.05, 3.63) is 89.5 Å². The third kappa shape index (κ3) is 6.43. The molecule has 0 aliphatic carbocycles. The van der Waals surface area contributed by atoms with Crippen LogP contribution in [0.3, 0.4) is 0 Å². The molecule has 2 amide bonds. The summed E-state index contributed by atoms with van der Waals surface area (Å²) in [5.41, 5.74) is 3.62. The van der Waals surface area contributed by atoms with Crippen molar-refractivity contribution in [1.82, 2.24) is 0 Å². The van der Waals surface area contributed by atoms with Crippen LogP contribution in [-0.4, -0.2) is 44.7 Å². The summed E-state index contributed by atoms with van der Waals surface area (Å²) < 4.78 is 10.8. The van der Waals surface area contributed by atoms with Gasteiger partial charge in [0.05, 0.1) is 19.8 Å². The summed E-state index contributed by atoms with van der Waals surface area (Å²) >= 11 is 0. The first-order chi connectivity index (χ1) is 16.6. The second kappa shape index (κ2) is 11.4. The van der Waals surface area contributed by atoms with Gasteiger partial charge in [0.2, 0.25) is 0 Å². The number of carbonyl (C=O) groups excluding carboxylic acids is 2. The standard InChI is InChI=1S/C27H29N3O4/c1-2-34-25-13-11-24(12-14-25)29-27(32)22-7-9-23(10-8-22)28-26(31)21-5-3-20(4-6-21)19-30-15-17-33-18-16-30/h3-14H,2,15-19H2,1H3,(H,28,31)(H,29,32)/p+1. The molecule has 3 aromatic carbocycles. The Balaban J connectivity index is 1.30. The summed E-state index contributed by atoms with van der Waals surface area (Å²) in [4.78, 5) is 26.6. The number of anilines is 2. The molecule has 3 N–H and O–H groups in total. The molecular formula is C27H30N3O4+. The summed E-state index contributed by atoms with van der Waals surface area (Å²) in [7, 11) is 0. The van der Waals surface area contributed by atoms with E-state index in [1.807, 2.05) is 43.3 Å². The monoisotopic (exact) mass is 460 g/mol. The van der Waals surface area contributed by atoms with Crippen molar-refractivity contribution >= 4 is 23.2 Å². The molecule has 1 aliphatic rings. The minimum atomic E-state index is -0.222. The number of hydrogen-bond donors (Lipinski definition) is 3. The number of nitrogens with one attached hydrogen (secondary N) is 3. The Morgan fingerprint density at radius 1 is 0.794 bits per heavy atom. The topological polar surface area (TPSA) is 81.1 Å². The number of ether oxygens (including phenoxy) is 2. The Morgan fingerprint density at radius 2 is 1.29 bits per heavy atom. The van der Waals surface area contributed by atoms with Gasteiger partial charge in [0.25, 0.3) is 11.8 Å². The number of carbonyl (C=O) groups is 2. The van der Waals surface area contributed by atoms with Crippen LogP contribution >= 0.6 is 0 Å². The molecule has 0 saturated carbocycles. The van der Waals surface area contributed by atoms with E-state index >= 15 is 0 Å². The molecule has 1 fully saturated rings. The van der Waals surface area contributed by atoms with E-state index in [0.29, 0.717) is 29.1 Å². The van der Waals surface area contributed by atoms with Gasteiger partial charge in [-0.25, -0.2) is 0 Å². The van der Waals surface area contributed by atoms with E-state index in [9.17, 15) is 9.59 Å². The fraction of sp³-hybridized carbons (Fsp3) is 0.259. The molecule has 34 heavy (non-hydrogen) atoms. The normalized spacial score (nSPS) is 13.8. The Hall–Kier alpha value is -3.68. The highest BCUT2D eigenvalue weighted by atomic mass is 16.5. The van der Waals surface area contributed by atoms with Crippen molar-refractivity contribution in [2.45, 2.75) is 13.5 Å². The molecule has 0 aromatic heterocycles. The van der Waals surface area contributed by atoms with Gasteiger partial charge in [-0.05, 0) is 67.6 Å². The van der Waals surface area contributed by atoms with Crippen molar-refractivity contribution < 1.29 is 24.0 Å². The molecule has 4 rings (SSSR count). The van der Waals surface area contributed by atoms with Gasteiger partial charge in [-0.15, -0.1) is 0 Å². The molecule has 0 atom stereocenters. The fourth-order valence-corrected chi connectivity index (χ4v) is 3.81. The average molecular weight is 461 g/mol. The zero-order valence-electron chi connectivity index (χ0n) is 19.3. The van der Waals surface area contributed by atoms with E-state index in [-0.39, 0.29) is 11.8 Å². The van der Waals surface area contributed by atoms with E-state index in [1.54, 1.807) is 36.4 Å². The maximum atomic E-state index is 12.6. The van der Waals surface area contributed by atoms with Crippen LogP contribution in [0.15, 0.2) is 72.8 Å². The number of hydrogen-bond acceptors (Lipinski definition) is 4. The van der Waals surface area contributed by atoms with Gasteiger partial charge < -0.3 is 25.0 Å². The lowest BCUT2D eigenvalue weighted by atomic mass is 10.1. The second-order valence-electron chi connectivity index (χ2n) is 8.18. The number of morpholine rings is 1. The van der Waals surface area contributed by atoms with E-state index in [0.717, 1.165) is 38.6 Å². The first kappa shape index (κ1) is 23.5. The van der Waals surface area contributed by atoms with E-state index in [1.165, 1.54) is 10.5 Å². The summed E-state index contributed by atoms with van der Waals surface area (Å²) in [6, 6.07) is 21.8. The van der Waals surface area contributed by atoms with Crippen LogP contribution in [-0.2, 0) is 11.3 Å². The van der Waals surface area contributed by atoms with Crippen LogP contribution in [0.2, 0.25) is 0 Å². The van der Waals surface area contributed by atoms with Crippen LogP contribution in [0, 0.1) is 0 Å². The van der Waals surface area contributed by atoms with Crippen LogP contribution in [0.5, 0.6) is 5.75 Å². The van der Waals surface area contributed by atoms with Crippen molar-refractivity contribution in [2.75, 3.05) is 43.5 Å². The van der Waals surface area contributed by atoms with Gasteiger partial charge in [-0.3, -0.25) is 9.59 Å². The van der Waals surface area contributed by atoms with Crippen LogP contribution in [0.1, 0.15) is 33.2 Å². The van der Waals surface area contributed by atoms with Gasteiger partial charge in [0.15, 0.2) is 0 Å². The zero-order chi connectivity index (χ0) is 23.8. The lowest BCUT2D eigenvalue weighted by Gasteiger charge is -2.23. The maximum Gasteiger partial charge on any atom is 0.255 e. The number of quaternary nitrogens is 1. The number of rotatable bonds is 8. The smallest absolute Gasteiger partial charge is 0.255 e. The zero-order valence-corrected chi connectivity index (χ0v) is 19.3. The molecule has 1 heterocycles. The third-order valence-electron chi connectivity index (χ3n) is 5.70. The lowest BCUT2D eigenvalue weighted by molar-refractivity contribution is -0.921. The minimum absolute atomic E-state index is 0.183. The predicted octanol–water partition coefficient (Wildman–Crippen LogP) is 3.01. The minimum Gasteiger partial charge on any atom is -0.494 e. The van der Waals surface area contributed by atoms with Crippen molar-refractivity contribution in [3.8, 4) is 5.75 Å². The Labute approximate surface area is 199 Å². The van der Waals surface area contributed by atoms with Gasteiger partial charge >= 0.3 is 0 Å². The van der Waals surface area contributed by atoms with Crippen LogP contribution in [0.4, 0.5) is 11.4 Å². The van der Waals surface area contributed by atoms with Crippen molar-refractivity contribution in [2.24, 2.45) is 0 Å². The largest absolute Gasteiger partial charge is 0.494 e. The van der Waals surface area contributed by atoms with Gasteiger partial charge in [0, 0.05) is 28.1 Å². The molecule has 0 unspecified atom stereocenters. The SMILES string of the molecule is CCOc1ccc(NC(=O)c2ccc(NC(=O)c3ccc(C[NH+]4CCOCC4)cc3)cc2)cc1. The van der Waals surface area contributed by atoms with Gasteiger partial charge in [0.1, 0.15) is 25.4 Å². The maximum absolute atomic E-state index is 12.6. The number of amides is 2. The quantitative estimate of drug-likeness (QED) is 0.483. The molecule has 7 nitrogen and oxygen atoms in total. The highest BCUT2D eigenvalue weighted by Crippen LogP contribution is 2.17. The molecule has 1 saturated heterocycles. The lowest BCUT2D eigenvalue weighted by Crippen LogP contribution is -3.12. The average Bonchev–Trinajstić information content (AvgIpc) is 2.87. The first-order valence-corrected chi connectivity index (χ1v) is 11.6. The van der Waals surface area contributed by atoms with E-state index < -0.39 is 0 Å². The molecule has 7 heteroatoms. The molecule has 0 radical (unpaired) electrons. The Kier molecular flexibility index (Phi) is 7.91. The van der Waals surface area contributed by atoms with E-state index in [2.05, 4.69) is 10.6 Å². The molecule has 1 aliphatic heterocycles. The summed E-state index contributed by atoms with van der Waals surface area (Å²) in [5.74, 6) is 0.352. The van der Waals surface area contributed by atoms with Crippen molar-refractivity contribution in [3.63, 3.8) is 0 Å². The molecule has 3 aromatic rings. The summed E-state index contributed by atoms with van der Waals surface area (Å²) in [6.45, 7) is 7.08. The summed E-state index contributed by atoms with van der Waals surface area (Å²) in [5, 5.41) is 5.74. The van der Waals surface area contributed by atoms with Crippen molar-refractivity contribution in [1.29, 1.82) is 0 Å². The second-order valence-corrected chi connectivity index (χ2v) is 8.18. The Bertz CT molecular complexity index is 1090. The number of benzene rings is 3. The predicted molar refractivity (Wildman–Crippen MR) is 132 cm³/mol. The summed E-state index contributed by atoms with van der Waals surface area (Å²) in [6.07, 6.45) is 0. The van der Waals surface area contributed by atoms with Gasteiger partial charge in [-0.1, -0.05) is 12.1 Å². The van der Waals surface area contributed by atoms with Gasteiger partial charge in [-0.2, -0.15) is 0 Å². The molecule has 0 bridgehead atoms. The van der Waals surface area contributed by atoms with Crippen LogP contribution in [0.25, 0.3) is 0 Å². The third-order valence-corrected chi connectivity index (χ3v) is 5.70.